The maximum atomic E-state index is 11.2. The molecule has 0 aliphatic carbocycles. The molecule has 0 aliphatic heterocycles. The monoisotopic (exact) mass is 244 g/mol. The van der Waals surface area contributed by atoms with Crippen LogP contribution in [-0.4, -0.2) is 13.1 Å². The molecule has 5 heteroatoms. The van der Waals surface area contributed by atoms with E-state index < -0.39 is 5.97 Å². The molecular formula is C10H6Cl2O3. The predicted octanol–water partition coefficient (Wildman–Crippen LogP) is 3.53. The van der Waals surface area contributed by atoms with Crippen LogP contribution in [0.5, 0.6) is 0 Å². The Morgan fingerprint density at radius 2 is 2.13 bits per heavy atom. The van der Waals surface area contributed by atoms with Crippen molar-refractivity contribution in [3.8, 4) is 0 Å². The van der Waals surface area contributed by atoms with E-state index in [1.165, 1.54) is 7.11 Å². The van der Waals surface area contributed by atoms with Gasteiger partial charge in [-0.3, -0.25) is 0 Å². The molecule has 0 aliphatic rings. The van der Waals surface area contributed by atoms with Crippen LogP contribution in [0.4, 0.5) is 0 Å². The molecule has 0 saturated heterocycles. The summed E-state index contributed by atoms with van der Waals surface area (Å²) in [5.41, 5.74) is 0.393. The van der Waals surface area contributed by atoms with Gasteiger partial charge in [-0.2, -0.15) is 0 Å². The molecule has 78 valence electrons. The molecule has 2 rings (SSSR count). The van der Waals surface area contributed by atoms with Gasteiger partial charge in [-0.1, -0.05) is 23.2 Å². The second-order valence-electron chi connectivity index (χ2n) is 2.88. The van der Waals surface area contributed by atoms with E-state index in [9.17, 15) is 4.79 Å². The van der Waals surface area contributed by atoms with Crippen molar-refractivity contribution >= 4 is 40.1 Å². The largest absolute Gasteiger partial charge is 0.463 e. The summed E-state index contributed by atoms with van der Waals surface area (Å²) in [6.07, 6.45) is 0. The van der Waals surface area contributed by atoms with Crippen molar-refractivity contribution in [1.82, 2.24) is 0 Å². The van der Waals surface area contributed by atoms with Crippen LogP contribution in [0.25, 0.3) is 11.0 Å². The summed E-state index contributed by atoms with van der Waals surface area (Å²) in [6, 6.07) is 4.92. The smallest absolute Gasteiger partial charge is 0.373 e. The Kier molecular flexibility index (Phi) is 2.59. The number of benzene rings is 1. The highest BCUT2D eigenvalue weighted by atomic mass is 35.5. The van der Waals surface area contributed by atoms with Crippen molar-refractivity contribution in [2.45, 2.75) is 0 Å². The van der Waals surface area contributed by atoms with E-state index in [0.29, 0.717) is 21.0 Å². The van der Waals surface area contributed by atoms with Gasteiger partial charge in [0.15, 0.2) is 5.58 Å². The first-order chi connectivity index (χ1) is 7.13. The summed E-state index contributed by atoms with van der Waals surface area (Å²) >= 11 is 11.7. The summed E-state index contributed by atoms with van der Waals surface area (Å²) in [4.78, 5) is 11.2. The fourth-order valence-electron chi connectivity index (χ4n) is 1.25. The zero-order chi connectivity index (χ0) is 11.0. The normalized spacial score (nSPS) is 10.6. The number of hydrogen-bond acceptors (Lipinski definition) is 3. The van der Waals surface area contributed by atoms with Gasteiger partial charge in [0.1, 0.15) is 5.02 Å². The predicted molar refractivity (Wildman–Crippen MR) is 57.6 cm³/mol. The Morgan fingerprint density at radius 1 is 1.40 bits per heavy atom. The highest BCUT2D eigenvalue weighted by Gasteiger charge is 2.15. The summed E-state index contributed by atoms with van der Waals surface area (Å²) in [5.74, 6) is -0.435. The lowest BCUT2D eigenvalue weighted by Gasteiger charge is -1.94. The molecule has 1 aromatic carbocycles. The molecule has 1 heterocycles. The second-order valence-corrected chi connectivity index (χ2v) is 3.67. The summed E-state index contributed by atoms with van der Waals surface area (Å²) in [5, 5.41) is 1.39. The molecule has 0 radical (unpaired) electrons. The first kappa shape index (κ1) is 10.3. The lowest BCUT2D eigenvalue weighted by atomic mass is 10.2. The van der Waals surface area contributed by atoms with E-state index in [4.69, 9.17) is 27.6 Å². The number of methoxy groups -OCH3 is 1. The van der Waals surface area contributed by atoms with Gasteiger partial charge in [0.2, 0.25) is 5.76 Å². The average Bonchev–Trinajstić information content (AvgIpc) is 2.67. The number of carbonyl (C=O) groups is 1. The van der Waals surface area contributed by atoms with Crippen molar-refractivity contribution < 1.29 is 13.9 Å². The fraction of sp³-hybridized carbons (Fsp3) is 0.100. The zero-order valence-electron chi connectivity index (χ0n) is 7.71. The molecule has 0 spiro atoms. The van der Waals surface area contributed by atoms with Crippen LogP contribution >= 0.6 is 23.2 Å². The Bertz CT molecular complexity index is 531. The van der Waals surface area contributed by atoms with Gasteiger partial charge in [-0.15, -0.1) is 0 Å². The van der Waals surface area contributed by atoms with Gasteiger partial charge in [-0.25, -0.2) is 4.79 Å². The molecule has 0 fully saturated rings. The van der Waals surface area contributed by atoms with Crippen LogP contribution in [0.15, 0.2) is 22.6 Å². The molecule has 0 saturated carbocycles. The lowest BCUT2D eigenvalue weighted by Crippen LogP contribution is -1.97. The molecule has 0 N–H and O–H groups in total. The van der Waals surface area contributed by atoms with Crippen LogP contribution in [0.3, 0.4) is 0 Å². The van der Waals surface area contributed by atoms with E-state index in [-0.39, 0.29) is 5.76 Å². The molecule has 0 bridgehead atoms. The van der Waals surface area contributed by atoms with E-state index >= 15 is 0 Å². The van der Waals surface area contributed by atoms with E-state index in [0.717, 1.165) is 0 Å². The van der Waals surface area contributed by atoms with Gasteiger partial charge < -0.3 is 9.15 Å². The Morgan fingerprint density at radius 3 is 2.80 bits per heavy atom. The third-order valence-corrected chi connectivity index (χ3v) is 2.75. The average molecular weight is 245 g/mol. The molecule has 0 unspecified atom stereocenters. The van der Waals surface area contributed by atoms with Gasteiger partial charge in [-0.05, 0) is 18.2 Å². The van der Waals surface area contributed by atoms with Crippen LogP contribution in [0.2, 0.25) is 10.0 Å². The zero-order valence-corrected chi connectivity index (χ0v) is 9.22. The maximum absolute atomic E-state index is 11.2. The van der Waals surface area contributed by atoms with Crippen molar-refractivity contribution in [2.75, 3.05) is 7.11 Å². The lowest BCUT2D eigenvalue weighted by molar-refractivity contribution is 0.0567. The maximum Gasteiger partial charge on any atom is 0.373 e. The Balaban J connectivity index is 2.66. The molecule has 15 heavy (non-hydrogen) atoms. The van der Waals surface area contributed by atoms with Crippen molar-refractivity contribution in [2.24, 2.45) is 0 Å². The number of halogens is 2. The summed E-state index contributed by atoms with van der Waals surface area (Å²) in [7, 11) is 1.28. The van der Waals surface area contributed by atoms with Crippen LogP contribution in [0.1, 0.15) is 10.6 Å². The van der Waals surface area contributed by atoms with Crippen LogP contribution in [-0.2, 0) is 4.74 Å². The standard InChI is InChI=1S/C10H6Cl2O3/c1-14-10(13)7-4-5-2-3-6(11)8(12)9(5)15-7/h2-4H,1H3. The highest BCUT2D eigenvalue weighted by Crippen LogP contribution is 2.32. The van der Waals surface area contributed by atoms with Gasteiger partial charge in [0.25, 0.3) is 0 Å². The molecule has 3 nitrogen and oxygen atoms in total. The third kappa shape index (κ3) is 1.68. The van der Waals surface area contributed by atoms with E-state index in [2.05, 4.69) is 4.74 Å². The molecule has 1 aromatic heterocycles. The minimum Gasteiger partial charge on any atom is -0.463 e. The minimum absolute atomic E-state index is 0.108. The molecular weight excluding hydrogens is 239 g/mol. The van der Waals surface area contributed by atoms with E-state index in [1.807, 2.05) is 0 Å². The Labute approximate surface area is 95.5 Å². The topological polar surface area (TPSA) is 39.4 Å². The number of hydrogen-bond donors (Lipinski definition) is 0. The highest BCUT2D eigenvalue weighted by molar-refractivity contribution is 6.44. The molecule has 2 aromatic rings. The Hall–Kier alpha value is -1.19. The fourth-order valence-corrected chi connectivity index (χ4v) is 1.61. The van der Waals surface area contributed by atoms with Gasteiger partial charge in [0, 0.05) is 5.39 Å². The van der Waals surface area contributed by atoms with Crippen molar-refractivity contribution in [3.63, 3.8) is 0 Å². The number of rotatable bonds is 1. The number of furan rings is 1. The quantitative estimate of drug-likeness (QED) is 0.721. The SMILES string of the molecule is COC(=O)c1cc2ccc(Cl)c(Cl)c2o1. The number of esters is 1. The van der Waals surface area contributed by atoms with E-state index in [1.54, 1.807) is 18.2 Å². The van der Waals surface area contributed by atoms with Crippen molar-refractivity contribution in [3.05, 3.63) is 34.0 Å². The third-order valence-electron chi connectivity index (χ3n) is 1.97. The van der Waals surface area contributed by atoms with Crippen LogP contribution < -0.4 is 0 Å². The first-order valence-electron chi connectivity index (χ1n) is 4.09. The summed E-state index contributed by atoms with van der Waals surface area (Å²) in [6.45, 7) is 0. The first-order valence-corrected chi connectivity index (χ1v) is 4.85. The van der Waals surface area contributed by atoms with Gasteiger partial charge in [0.05, 0.1) is 12.1 Å². The van der Waals surface area contributed by atoms with Gasteiger partial charge >= 0.3 is 5.97 Å². The minimum atomic E-state index is -0.543. The van der Waals surface area contributed by atoms with Crippen molar-refractivity contribution in [1.29, 1.82) is 0 Å². The molecule has 0 atom stereocenters. The number of ether oxygens (including phenoxy) is 1. The summed E-state index contributed by atoms with van der Waals surface area (Å²) < 4.78 is 9.77. The number of fused-ring (bicyclic) bond motifs is 1. The second kappa shape index (κ2) is 3.76. The van der Waals surface area contributed by atoms with Crippen LogP contribution in [0, 0.1) is 0 Å². The number of carbonyl (C=O) groups excluding carboxylic acids is 1. The molecule has 0 amide bonds.